The Morgan fingerprint density at radius 3 is 2.38 bits per heavy atom. The molecule has 0 saturated carbocycles. The summed E-state index contributed by atoms with van der Waals surface area (Å²) in [5, 5.41) is 3.43. The van der Waals surface area contributed by atoms with Crippen molar-refractivity contribution in [1.29, 1.82) is 0 Å². The number of fused-ring (bicyclic) bond motifs is 1. The molecule has 0 spiro atoms. The number of nitrogens with one attached hydrogen (secondary N) is 1. The van der Waals surface area contributed by atoms with E-state index in [4.69, 9.17) is 16.3 Å². The van der Waals surface area contributed by atoms with Gasteiger partial charge in [0, 0.05) is 17.1 Å². The van der Waals surface area contributed by atoms with Gasteiger partial charge in [-0.3, -0.25) is 9.59 Å². The highest BCUT2D eigenvalue weighted by Crippen LogP contribution is 2.18. The van der Waals surface area contributed by atoms with E-state index in [9.17, 15) is 9.59 Å². The summed E-state index contributed by atoms with van der Waals surface area (Å²) < 4.78 is 7.36. The molecule has 0 aliphatic carbocycles. The monoisotopic (exact) mass is 456 g/mol. The Bertz CT molecular complexity index is 1070. The summed E-state index contributed by atoms with van der Waals surface area (Å²) in [7, 11) is 0. The van der Waals surface area contributed by atoms with E-state index >= 15 is 0 Å². The standard InChI is InChI=1S/C24H29ClN4O3/c1-16(2)29(17(3)4)24(31)14-28-21-8-6-5-7-20(21)27-22(28)13-26-23(30)15-32-19-11-9-18(25)10-12-19/h5-12,16-17H,13-15H2,1-4H3,(H,26,30). The zero-order valence-electron chi connectivity index (χ0n) is 18.8. The average molecular weight is 457 g/mol. The maximum absolute atomic E-state index is 13.1. The van der Waals surface area contributed by atoms with Crippen molar-refractivity contribution < 1.29 is 14.3 Å². The Balaban J connectivity index is 1.71. The Morgan fingerprint density at radius 1 is 1.06 bits per heavy atom. The third kappa shape index (κ3) is 5.79. The summed E-state index contributed by atoms with van der Waals surface area (Å²) in [6, 6.07) is 14.6. The van der Waals surface area contributed by atoms with Crippen molar-refractivity contribution in [3.05, 3.63) is 59.4 Å². The van der Waals surface area contributed by atoms with Gasteiger partial charge < -0.3 is 19.5 Å². The van der Waals surface area contributed by atoms with Crippen molar-refractivity contribution in [1.82, 2.24) is 19.8 Å². The van der Waals surface area contributed by atoms with E-state index in [1.54, 1.807) is 24.3 Å². The van der Waals surface area contributed by atoms with E-state index in [1.165, 1.54) is 0 Å². The molecule has 32 heavy (non-hydrogen) atoms. The first-order valence-corrected chi connectivity index (χ1v) is 11.0. The van der Waals surface area contributed by atoms with Gasteiger partial charge in [0.05, 0.1) is 17.6 Å². The van der Waals surface area contributed by atoms with Gasteiger partial charge in [-0.1, -0.05) is 23.7 Å². The Kier molecular flexibility index (Phi) is 7.75. The highest BCUT2D eigenvalue weighted by atomic mass is 35.5. The molecular formula is C24H29ClN4O3. The van der Waals surface area contributed by atoms with Crippen molar-refractivity contribution in [3.8, 4) is 5.75 Å². The zero-order valence-corrected chi connectivity index (χ0v) is 19.6. The number of halogens is 1. The number of hydrogen-bond acceptors (Lipinski definition) is 4. The van der Waals surface area contributed by atoms with Crippen molar-refractivity contribution in [2.24, 2.45) is 0 Å². The Labute approximate surface area is 193 Å². The lowest BCUT2D eigenvalue weighted by atomic mass is 10.2. The molecule has 0 aliphatic rings. The normalized spacial score (nSPS) is 11.2. The number of hydrogen-bond donors (Lipinski definition) is 1. The molecule has 170 valence electrons. The molecule has 0 bridgehead atoms. The maximum Gasteiger partial charge on any atom is 0.258 e. The number of para-hydroxylation sites is 2. The van der Waals surface area contributed by atoms with Crippen LogP contribution < -0.4 is 10.1 Å². The molecule has 1 N–H and O–H groups in total. The van der Waals surface area contributed by atoms with E-state index in [0.717, 1.165) is 11.0 Å². The number of amides is 2. The number of rotatable bonds is 9. The first kappa shape index (κ1) is 23.6. The Hall–Kier alpha value is -3.06. The third-order valence-corrected chi connectivity index (χ3v) is 5.31. The van der Waals surface area contributed by atoms with Gasteiger partial charge in [-0.05, 0) is 64.1 Å². The quantitative estimate of drug-likeness (QED) is 0.527. The van der Waals surface area contributed by atoms with Gasteiger partial charge in [-0.25, -0.2) is 4.98 Å². The Morgan fingerprint density at radius 2 is 1.72 bits per heavy atom. The van der Waals surface area contributed by atoms with Crippen LogP contribution in [0.5, 0.6) is 5.75 Å². The number of aromatic nitrogens is 2. The number of nitrogens with zero attached hydrogens (tertiary/aromatic N) is 3. The highest BCUT2D eigenvalue weighted by Gasteiger charge is 2.22. The fraction of sp³-hybridized carbons (Fsp3) is 0.375. The van der Waals surface area contributed by atoms with Crippen LogP contribution in [0.25, 0.3) is 11.0 Å². The summed E-state index contributed by atoms with van der Waals surface area (Å²) in [5.74, 6) is 0.907. The second kappa shape index (κ2) is 10.5. The van der Waals surface area contributed by atoms with Gasteiger partial charge in [0.1, 0.15) is 18.1 Å². The van der Waals surface area contributed by atoms with Crippen LogP contribution in [0.3, 0.4) is 0 Å². The summed E-state index contributed by atoms with van der Waals surface area (Å²) in [4.78, 5) is 31.9. The largest absolute Gasteiger partial charge is 0.484 e. The lowest BCUT2D eigenvalue weighted by molar-refractivity contribution is -0.135. The fourth-order valence-electron chi connectivity index (χ4n) is 3.73. The third-order valence-electron chi connectivity index (χ3n) is 5.05. The fourth-order valence-corrected chi connectivity index (χ4v) is 3.86. The predicted molar refractivity (Wildman–Crippen MR) is 126 cm³/mol. The molecule has 0 radical (unpaired) electrons. The first-order valence-electron chi connectivity index (χ1n) is 10.7. The molecule has 0 aliphatic heterocycles. The van der Waals surface area contributed by atoms with Crippen molar-refractivity contribution in [2.75, 3.05) is 6.61 Å². The van der Waals surface area contributed by atoms with Gasteiger partial charge in [-0.15, -0.1) is 0 Å². The van der Waals surface area contributed by atoms with Gasteiger partial charge in [-0.2, -0.15) is 0 Å². The SMILES string of the molecule is CC(C)N(C(=O)Cn1c(CNC(=O)COc2ccc(Cl)cc2)nc2ccccc21)C(C)C. The summed E-state index contributed by atoms with van der Waals surface area (Å²) in [5.41, 5.74) is 1.64. The first-order chi connectivity index (χ1) is 15.3. The molecule has 1 aromatic heterocycles. The van der Waals surface area contributed by atoms with E-state index in [-0.39, 0.29) is 43.6 Å². The van der Waals surface area contributed by atoms with Crippen LogP contribution in [0, 0.1) is 0 Å². The minimum absolute atomic E-state index is 0.0109. The molecule has 1 heterocycles. The molecule has 2 aromatic carbocycles. The van der Waals surface area contributed by atoms with Crippen LogP contribution in [-0.4, -0.2) is 45.0 Å². The summed E-state index contributed by atoms with van der Waals surface area (Å²) in [6.07, 6.45) is 0. The second-order valence-corrected chi connectivity index (χ2v) is 8.55. The topological polar surface area (TPSA) is 76.5 Å². The lowest BCUT2D eigenvalue weighted by Gasteiger charge is -2.31. The van der Waals surface area contributed by atoms with Gasteiger partial charge in [0.25, 0.3) is 5.91 Å². The van der Waals surface area contributed by atoms with Crippen LogP contribution in [0.1, 0.15) is 33.5 Å². The van der Waals surface area contributed by atoms with Crippen LogP contribution in [0.2, 0.25) is 5.02 Å². The molecule has 7 nitrogen and oxygen atoms in total. The molecule has 8 heteroatoms. The average Bonchev–Trinajstić information content (AvgIpc) is 3.08. The van der Waals surface area contributed by atoms with E-state index in [0.29, 0.717) is 16.6 Å². The maximum atomic E-state index is 13.1. The van der Waals surface area contributed by atoms with Crippen LogP contribution in [0.15, 0.2) is 48.5 Å². The molecule has 2 amide bonds. The molecule has 0 unspecified atom stereocenters. The molecule has 3 aromatic rings. The van der Waals surface area contributed by atoms with Crippen LogP contribution in [0.4, 0.5) is 0 Å². The predicted octanol–water partition coefficient (Wildman–Crippen LogP) is 4.03. The summed E-state index contributed by atoms with van der Waals surface area (Å²) >= 11 is 5.86. The molecule has 0 fully saturated rings. The summed E-state index contributed by atoms with van der Waals surface area (Å²) in [6.45, 7) is 8.24. The number of benzene rings is 2. The van der Waals surface area contributed by atoms with E-state index in [1.807, 2.05) is 61.4 Å². The second-order valence-electron chi connectivity index (χ2n) is 8.11. The molecular weight excluding hydrogens is 428 g/mol. The minimum atomic E-state index is -0.282. The molecule has 0 atom stereocenters. The van der Waals surface area contributed by atoms with E-state index in [2.05, 4.69) is 10.3 Å². The highest BCUT2D eigenvalue weighted by molar-refractivity contribution is 6.30. The minimum Gasteiger partial charge on any atom is -0.484 e. The lowest BCUT2D eigenvalue weighted by Crippen LogP contribution is -2.44. The van der Waals surface area contributed by atoms with Crippen molar-refractivity contribution >= 4 is 34.4 Å². The number of carbonyl (C=O) groups excluding carboxylic acids is 2. The number of carbonyl (C=O) groups is 2. The van der Waals surface area contributed by atoms with E-state index < -0.39 is 0 Å². The number of ether oxygens (including phenoxy) is 1. The molecule has 3 rings (SSSR count). The zero-order chi connectivity index (χ0) is 23.3. The van der Waals surface area contributed by atoms with Crippen molar-refractivity contribution in [3.63, 3.8) is 0 Å². The van der Waals surface area contributed by atoms with Crippen LogP contribution >= 0.6 is 11.6 Å². The van der Waals surface area contributed by atoms with Crippen molar-refractivity contribution in [2.45, 2.75) is 52.9 Å². The number of imidazole rings is 1. The van der Waals surface area contributed by atoms with Gasteiger partial charge >= 0.3 is 0 Å². The molecule has 0 saturated heterocycles. The smallest absolute Gasteiger partial charge is 0.258 e. The van der Waals surface area contributed by atoms with Crippen LogP contribution in [-0.2, 0) is 22.7 Å². The van der Waals surface area contributed by atoms with Gasteiger partial charge in [0.2, 0.25) is 5.91 Å². The van der Waals surface area contributed by atoms with Gasteiger partial charge in [0.15, 0.2) is 6.61 Å².